The van der Waals surface area contributed by atoms with Crippen molar-refractivity contribution in [3.8, 4) is 0 Å². The van der Waals surface area contributed by atoms with Gasteiger partial charge in [0.15, 0.2) is 5.78 Å². The summed E-state index contributed by atoms with van der Waals surface area (Å²) in [7, 11) is 0. The summed E-state index contributed by atoms with van der Waals surface area (Å²) in [5, 5.41) is 5.66. The molecule has 7 heteroatoms. The van der Waals surface area contributed by atoms with Gasteiger partial charge in [0.1, 0.15) is 11.2 Å². The molecule has 1 unspecified atom stereocenters. The molecule has 162 valence electrons. The Hall–Kier alpha value is -2.73. The lowest BCUT2D eigenvalue weighted by atomic mass is 9.95. The average Bonchev–Trinajstić information content (AvgIpc) is 2.69. The summed E-state index contributed by atoms with van der Waals surface area (Å²) >= 11 is 5.97. The number of halogens is 1. The van der Waals surface area contributed by atoms with E-state index in [1.54, 1.807) is 6.20 Å². The maximum absolute atomic E-state index is 12.1. The van der Waals surface area contributed by atoms with Crippen LogP contribution in [0.3, 0.4) is 0 Å². The number of fused-ring (bicyclic) bond motifs is 1. The number of pyridine rings is 2. The summed E-state index contributed by atoms with van der Waals surface area (Å²) in [6.45, 7) is 11.3. The Bertz CT molecular complexity index is 963. The Balaban J connectivity index is 0.000000673. The molecule has 0 aliphatic carbocycles. The molecule has 0 aromatic carbocycles. The number of hydrogen-bond donors (Lipinski definition) is 2. The van der Waals surface area contributed by atoms with E-state index in [1.165, 1.54) is 6.92 Å². The maximum Gasteiger partial charge on any atom is 0.214 e. The molecule has 0 saturated carbocycles. The van der Waals surface area contributed by atoms with Gasteiger partial charge in [-0.2, -0.15) is 0 Å². The number of nitrogens with two attached hydrogens (primary N) is 1. The van der Waals surface area contributed by atoms with Crippen molar-refractivity contribution in [2.75, 3.05) is 0 Å². The Morgan fingerprint density at radius 2 is 1.87 bits per heavy atom. The van der Waals surface area contributed by atoms with Crippen molar-refractivity contribution in [2.24, 2.45) is 5.73 Å². The first kappa shape index (κ1) is 25.3. The highest BCUT2D eigenvalue weighted by molar-refractivity contribution is 6.30. The number of rotatable bonds is 4. The number of primary amides is 1. The van der Waals surface area contributed by atoms with Crippen LogP contribution in [0.15, 0.2) is 36.2 Å². The van der Waals surface area contributed by atoms with Crippen LogP contribution in [0.2, 0.25) is 5.15 Å². The summed E-state index contributed by atoms with van der Waals surface area (Å²) in [5.41, 5.74) is 8.29. The van der Waals surface area contributed by atoms with Crippen molar-refractivity contribution in [2.45, 2.75) is 60.4 Å². The van der Waals surface area contributed by atoms with Gasteiger partial charge in [-0.1, -0.05) is 38.4 Å². The monoisotopic (exact) mass is 430 g/mol. The smallest absolute Gasteiger partial charge is 0.214 e. The number of nitrogens with one attached hydrogen (secondary N) is 1. The van der Waals surface area contributed by atoms with Crippen LogP contribution in [0.5, 0.6) is 0 Å². The topological polar surface area (TPSA) is 98.0 Å². The van der Waals surface area contributed by atoms with Gasteiger partial charge in [0.25, 0.3) is 0 Å². The number of aromatic nitrogens is 2. The van der Waals surface area contributed by atoms with Crippen LogP contribution >= 0.6 is 11.6 Å². The number of aryl methyl sites for hydroxylation is 1. The van der Waals surface area contributed by atoms with E-state index in [0.717, 1.165) is 39.7 Å². The number of carbonyl (C=O) groups is 2. The molecule has 30 heavy (non-hydrogen) atoms. The van der Waals surface area contributed by atoms with E-state index in [0.29, 0.717) is 11.6 Å². The van der Waals surface area contributed by atoms with Gasteiger partial charge >= 0.3 is 0 Å². The fraction of sp³-hybridized carbons (Fsp3) is 0.391. The number of amides is 1. The summed E-state index contributed by atoms with van der Waals surface area (Å²) in [5.74, 6) is -0.117. The molecule has 0 fully saturated rings. The van der Waals surface area contributed by atoms with Crippen molar-refractivity contribution in [3.63, 3.8) is 0 Å². The Labute approximate surface area is 183 Å². The predicted molar refractivity (Wildman–Crippen MR) is 124 cm³/mol. The van der Waals surface area contributed by atoms with Gasteiger partial charge in [0.2, 0.25) is 5.91 Å². The number of nitrogens with zero attached hydrogens (tertiary/aromatic N) is 2. The molecular formula is C23H31ClN4O2. The molecule has 1 aliphatic rings. The van der Waals surface area contributed by atoms with Gasteiger partial charge in [0, 0.05) is 47.8 Å². The van der Waals surface area contributed by atoms with Gasteiger partial charge in [0.05, 0.1) is 5.69 Å². The lowest BCUT2D eigenvalue weighted by molar-refractivity contribution is -0.120. The van der Waals surface area contributed by atoms with Crippen LogP contribution in [-0.4, -0.2) is 27.7 Å². The van der Waals surface area contributed by atoms with E-state index >= 15 is 0 Å². The summed E-state index contributed by atoms with van der Waals surface area (Å²) in [6, 6.07) is 3.60. The molecule has 1 atom stereocenters. The fourth-order valence-electron chi connectivity index (χ4n) is 2.97. The van der Waals surface area contributed by atoms with E-state index in [1.807, 2.05) is 59.0 Å². The lowest BCUT2D eigenvalue weighted by Gasteiger charge is -2.21. The van der Waals surface area contributed by atoms with Gasteiger partial charge in [-0.3, -0.25) is 14.6 Å². The summed E-state index contributed by atoms with van der Waals surface area (Å²) in [6.07, 6.45) is 7.09. The fourth-order valence-corrected chi connectivity index (χ4v) is 3.12. The summed E-state index contributed by atoms with van der Waals surface area (Å²) in [4.78, 5) is 30.2. The second-order valence-corrected chi connectivity index (χ2v) is 7.09. The van der Waals surface area contributed by atoms with E-state index < -0.39 is 0 Å². The highest BCUT2D eigenvalue weighted by Gasteiger charge is 2.20. The molecule has 1 amide bonds. The number of Topliss-reactive ketones (excluding diaryl/α,β-unsaturated/α-hetero) is 1. The zero-order chi connectivity index (χ0) is 22.8. The van der Waals surface area contributed by atoms with Crippen LogP contribution in [0.1, 0.15) is 58.8 Å². The molecule has 2 aromatic rings. The number of ketones is 1. The predicted octanol–water partition coefficient (Wildman–Crippen LogP) is 4.74. The second-order valence-electron chi connectivity index (χ2n) is 6.70. The minimum atomic E-state index is -0.333. The van der Waals surface area contributed by atoms with Gasteiger partial charge in [-0.25, -0.2) is 4.98 Å². The van der Waals surface area contributed by atoms with Crippen LogP contribution in [0, 0.1) is 6.92 Å². The molecule has 0 spiro atoms. The molecule has 3 rings (SSSR count). The first-order valence-corrected chi connectivity index (χ1v) is 10.5. The first-order chi connectivity index (χ1) is 14.2. The van der Waals surface area contributed by atoms with Crippen molar-refractivity contribution < 1.29 is 9.59 Å². The Morgan fingerprint density at radius 3 is 2.43 bits per heavy atom. The number of hydrogen-bond acceptors (Lipinski definition) is 5. The average molecular weight is 431 g/mol. The minimum absolute atomic E-state index is 0.216. The zero-order valence-corrected chi connectivity index (χ0v) is 19.3. The van der Waals surface area contributed by atoms with Crippen molar-refractivity contribution in [3.05, 3.63) is 52.7 Å². The van der Waals surface area contributed by atoms with Crippen LogP contribution < -0.4 is 11.1 Å². The molecule has 0 saturated heterocycles. The Morgan fingerprint density at radius 1 is 1.23 bits per heavy atom. The molecule has 1 aliphatic heterocycles. The van der Waals surface area contributed by atoms with Crippen LogP contribution in [-0.2, 0) is 9.59 Å². The standard InChI is InChI=1S/C19H20ClN3O.C2H5NO.C2H6/c1-4-5-18(24)17-6-11(2)15(10-21-17)16-7-13-9-22-19(20)8-14(13)12(3)23-16;1-2(3)4;1-2/h6-10,17,21H,4-5H2,1-3H3;1H3,(H2,3,4);1-2H3. The largest absolute Gasteiger partial charge is 0.378 e. The third-order valence-electron chi connectivity index (χ3n) is 4.24. The van der Waals surface area contributed by atoms with Gasteiger partial charge in [-0.15, -0.1) is 0 Å². The molecule has 2 aromatic heterocycles. The van der Waals surface area contributed by atoms with E-state index in [2.05, 4.69) is 16.0 Å². The van der Waals surface area contributed by atoms with Gasteiger partial charge in [-0.05, 0) is 38.0 Å². The molecule has 0 radical (unpaired) electrons. The molecule has 6 nitrogen and oxygen atoms in total. The van der Waals surface area contributed by atoms with E-state index in [4.69, 9.17) is 16.6 Å². The molecule has 3 N–H and O–H groups in total. The Kier molecular flexibility index (Phi) is 10.2. The van der Waals surface area contributed by atoms with Gasteiger partial charge < -0.3 is 11.1 Å². The van der Waals surface area contributed by atoms with Crippen molar-refractivity contribution >= 4 is 39.6 Å². The van der Waals surface area contributed by atoms with E-state index in [9.17, 15) is 9.59 Å². The lowest BCUT2D eigenvalue weighted by Crippen LogP contribution is -2.34. The second kappa shape index (κ2) is 12.1. The van der Waals surface area contributed by atoms with Crippen LogP contribution in [0.25, 0.3) is 16.3 Å². The molecule has 3 heterocycles. The van der Waals surface area contributed by atoms with Crippen LogP contribution in [0.4, 0.5) is 0 Å². The van der Waals surface area contributed by atoms with Crippen molar-refractivity contribution in [1.82, 2.24) is 15.3 Å². The quantitative estimate of drug-likeness (QED) is 0.682. The zero-order valence-electron chi connectivity index (χ0n) is 18.5. The SMILES string of the molecule is CC.CC(N)=O.CCCC(=O)C1C=C(C)C(c2cc3cnc(Cl)cc3c(C)n2)=CN1. The maximum atomic E-state index is 12.1. The number of dihydropyridines is 1. The van der Waals surface area contributed by atoms with Crippen molar-refractivity contribution in [1.29, 1.82) is 0 Å². The highest BCUT2D eigenvalue weighted by atomic mass is 35.5. The normalized spacial score (nSPS) is 14.8. The molecule has 0 bridgehead atoms. The summed E-state index contributed by atoms with van der Waals surface area (Å²) < 4.78 is 0. The highest BCUT2D eigenvalue weighted by Crippen LogP contribution is 2.28. The first-order valence-electron chi connectivity index (χ1n) is 10.1. The number of allylic oxidation sites excluding steroid dienone is 2. The molecular weight excluding hydrogens is 400 g/mol. The van der Waals surface area contributed by atoms with E-state index in [-0.39, 0.29) is 17.7 Å². The third-order valence-corrected chi connectivity index (χ3v) is 4.45. The third kappa shape index (κ3) is 6.95. The number of carbonyl (C=O) groups excluding carboxylic acids is 2. The minimum Gasteiger partial charge on any atom is -0.378 e.